The number of aliphatic carboxylic acids is 1. The van der Waals surface area contributed by atoms with E-state index in [1.165, 1.54) is 25.7 Å². The second-order valence-corrected chi connectivity index (χ2v) is 4.28. The first kappa shape index (κ1) is 8.79. The number of hydrogen-bond acceptors (Lipinski definition) is 1. The zero-order valence-corrected chi connectivity index (χ0v) is 7.83. The van der Waals surface area contributed by atoms with Gasteiger partial charge in [-0.2, -0.15) is 0 Å². The van der Waals surface area contributed by atoms with Gasteiger partial charge in [-0.15, -0.1) is 0 Å². The Morgan fingerprint density at radius 1 is 1.31 bits per heavy atom. The van der Waals surface area contributed by atoms with E-state index in [4.69, 9.17) is 5.11 Å². The molecule has 0 saturated heterocycles. The normalized spacial score (nSPS) is 33.4. The van der Waals surface area contributed by atoms with Crippen molar-refractivity contribution >= 4 is 5.97 Å². The van der Waals surface area contributed by atoms with Crippen LogP contribution in [0.15, 0.2) is 11.6 Å². The van der Waals surface area contributed by atoms with Gasteiger partial charge in [-0.05, 0) is 37.5 Å². The largest absolute Gasteiger partial charge is 0.478 e. The van der Waals surface area contributed by atoms with Crippen molar-refractivity contribution in [3.8, 4) is 0 Å². The Morgan fingerprint density at radius 2 is 2.00 bits per heavy atom. The number of allylic oxidation sites excluding steroid dienone is 1. The van der Waals surface area contributed by atoms with Gasteiger partial charge in [-0.1, -0.05) is 18.9 Å². The van der Waals surface area contributed by atoms with Crippen molar-refractivity contribution in [2.45, 2.75) is 38.5 Å². The van der Waals surface area contributed by atoms with Gasteiger partial charge in [0.25, 0.3) is 0 Å². The van der Waals surface area contributed by atoms with Crippen LogP contribution in [-0.4, -0.2) is 11.1 Å². The van der Waals surface area contributed by atoms with Crippen LogP contribution >= 0.6 is 0 Å². The molecule has 0 aliphatic heterocycles. The van der Waals surface area contributed by atoms with E-state index in [1.807, 2.05) is 6.08 Å². The Hall–Kier alpha value is -0.790. The highest BCUT2D eigenvalue weighted by molar-refractivity contribution is 5.86. The first-order chi connectivity index (χ1) is 6.27. The molecule has 2 unspecified atom stereocenters. The quantitative estimate of drug-likeness (QED) is 0.673. The maximum absolute atomic E-state index is 10.8. The van der Waals surface area contributed by atoms with Gasteiger partial charge in [0.05, 0.1) is 0 Å². The van der Waals surface area contributed by atoms with E-state index in [0.29, 0.717) is 11.5 Å². The second kappa shape index (κ2) is 3.52. The van der Waals surface area contributed by atoms with Gasteiger partial charge in [0.15, 0.2) is 0 Å². The number of carboxylic acids is 1. The van der Waals surface area contributed by atoms with Gasteiger partial charge < -0.3 is 5.11 Å². The third kappa shape index (κ3) is 1.77. The van der Waals surface area contributed by atoms with Crippen LogP contribution in [0.5, 0.6) is 0 Å². The molecule has 2 aliphatic carbocycles. The maximum atomic E-state index is 10.8. The number of hydrogen-bond donors (Lipinski definition) is 1. The van der Waals surface area contributed by atoms with E-state index in [-0.39, 0.29) is 0 Å². The summed E-state index contributed by atoms with van der Waals surface area (Å²) in [6.07, 6.45) is 8.97. The Kier molecular flexibility index (Phi) is 2.38. The number of carboxylic acid groups (broad SMARTS) is 1. The Labute approximate surface area is 78.6 Å². The molecule has 2 nitrogen and oxygen atoms in total. The highest BCUT2D eigenvalue weighted by Crippen LogP contribution is 2.39. The van der Waals surface area contributed by atoms with Crippen molar-refractivity contribution in [3.05, 3.63) is 11.6 Å². The summed E-state index contributed by atoms with van der Waals surface area (Å²) < 4.78 is 0. The fourth-order valence-electron chi connectivity index (χ4n) is 2.70. The molecule has 1 saturated carbocycles. The lowest BCUT2D eigenvalue weighted by Gasteiger charge is -2.34. The minimum Gasteiger partial charge on any atom is -0.478 e. The van der Waals surface area contributed by atoms with Crippen molar-refractivity contribution in [1.29, 1.82) is 0 Å². The average Bonchev–Trinajstić information content (AvgIpc) is 2.17. The van der Waals surface area contributed by atoms with Gasteiger partial charge in [0.2, 0.25) is 0 Å². The molecule has 0 aromatic heterocycles. The summed E-state index contributed by atoms with van der Waals surface area (Å²) in [6.45, 7) is 0. The number of rotatable bonds is 1. The molecule has 0 radical (unpaired) electrons. The molecular formula is C11H16O2. The van der Waals surface area contributed by atoms with Crippen molar-refractivity contribution in [2.75, 3.05) is 0 Å². The molecular weight excluding hydrogens is 164 g/mol. The third-order valence-corrected chi connectivity index (χ3v) is 3.49. The van der Waals surface area contributed by atoms with Gasteiger partial charge >= 0.3 is 5.97 Å². The summed E-state index contributed by atoms with van der Waals surface area (Å²) in [5, 5.41) is 8.86. The molecule has 0 spiro atoms. The van der Waals surface area contributed by atoms with Crippen LogP contribution in [-0.2, 0) is 4.79 Å². The second-order valence-electron chi connectivity index (χ2n) is 4.28. The van der Waals surface area contributed by atoms with Crippen LogP contribution in [0.2, 0.25) is 0 Å². The van der Waals surface area contributed by atoms with Crippen LogP contribution in [0.1, 0.15) is 38.5 Å². The Balaban J connectivity index is 2.06. The standard InChI is InChI=1S/C11H16O2/c12-11(13)10-6-5-8-3-1-2-4-9(8)7-10/h6,8-9H,1-5,7H2,(H,12,13). The fraction of sp³-hybridized carbons (Fsp3) is 0.727. The van der Waals surface area contributed by atoms with Gasteiger partial charge in [-0.25, -0.2) is 4.79 Å². The smallest absolute Gasteiger partial charge is 0.331 e. The van der Waals surface area contributed by atoms with Crippen molar-refractivity contribution < 1.29 is 9.90 Å². The van der Waals surface area contributed by atoms with Crippen LogP contribution in [0.4, 0.5) is 0 Å². The molecule has 72 valence electrons. The SMILES string of the molecule is O=C(O)C1=CCC2CCCCC2C1. The van der Waals surface area contributed by atoms with Crippen molar-refractivity contribution in [3.63, 3.8) is 0 Å². The molecule has 0 heterocycles. The topological polar surface area (TPSA) is 37.3 Å². The predicted octanol–water partition coefficient (Wildman–Crippen LogP) is 2.60. The highest BCUT2D eigenvalue weighted by Gasteiger charge is 2.29. The molecule has 13 heavy (non-hydrogen) atoms. The lowest BCUT2D eigenvalue weighted by molar-refractivity contribution is -0.133. The number of fused-ring (bicyclic) bond motifs is 1. The van der Waals surface area contributed by atoms with Crippen LogP contribution < -0.4 is 0 Å². The van der Waals surface area contributed by atoms with E-state index in [9.17, 15) is 4.79 Å². The van der Waals surface area contributed by atoms with E-state index in [2.05, 4.69) is 0 Å². The van der Waals surface area contributed by atoms with E-state index in [1.54, 1.807) is 0 Å². The average molecular weight is 180 g/mol. The molecule has 1 N–H and O–H groups in total. The van der Waals surface area contributed by atoms with Gasteiger partial charge in [0, 0.05) is 5.57 Å². The monoisotopic (exact) mass is 180 g/mol. The Bertz CT molecular complexity index is 242. The molecule has 2 rings (SSSR count). The maximum Gasteiger partial charge on any atom is 0.331 e. The molecule has 2 aliphatic rings. The Morgan fingerprint density at radius 3 is 2.69 bits per heavy atom. The van der Waals surface area contributed by atoms with Crippen LogP contribution in [0.3, 0.4) is 0 Å². The molecule has 0 aromatic rings. The summed E-state index contributed by atoms with van der Waals surface area (Å²) in [7, 11) is 0. The van der Waals surface area contributed by atoms with E-state index in [0.717, 1.165) is 18.8 Å². The van der Waals surface area contributed by atoms with Crippen molar-refractivity contribution in [1.82, 2.24) is 0 Å². The van der Waals surface area contributed by atoms with Crippen LogP contribution in [0, 0.1) is 11.8 Å². The summed E-state index contributed by atoms with van der Waals surface area (Å²) in [4.78, 5) is 10.8. The van der Waals surface area contributed by atoms with Crippen LogP contribution in [0.25, 0.3) is 0 Å². The fourth-order valence-corrected chi connectivity index (χ4v) is 2.70. The molecule has 2 heteroatoms. The first-order valence-electron chi connectivity index (χ1n) is 5.19. The zero-order valence-electron chi connectivity index (χ0n) is 7.83. The third-order valence-electron chi connectivity index (χ3n) is 3.49. The zero-order chi connectivity index (χ0) is 9.26. The molecule has 2 atom stereocenters. The molecule has 0 amide bonds. The van der Waals surface area contributed by atoms with E-state index >= 15 is 0 Å². The van der Waals surface area contributed by atoms with E-state index < -0.39 is 5.97 Å². The first-order valence-corrected chi connectivity index (χ1v) is 5.19. The minimum absolute atomic E-state index is 0.656. The van der Waals surface area contributed by atoms with Gasteiger partial charge in [0.1, 0.15) is 0 Å². The highest BCUT2D eigenvalue weighted by atomic mass is 16.4. The van der Waals surface area contributed by atoms with Crippen molar-refractivity contribution in [2.24, 2.45) is 11.8 Å². The minimum atomic E-state index is -0.705. The number of carbonyl (C=O) groups is 1. The lowest BCUT2D eigenvalue weighted by atomic mass is 9.71. The summed E-state index contributed by atoms with van der Waals surface area (Å²) in [5.74, 6) is 0.755. The summed E-state index contributed by atoms with van der Waals surface area (Å²) >= 11 is 0. The molecule has 1 fully saturated rings. The predicted molar refractivity (Wildman–Crippen MR) is 50.4 cm³/mol. The molecule has 0 aromatic carbocycles. The summed E-state index contributed by atoms with van der Waals surface area (Å²) in [5.41, 5.74) is 0.656. The molecule has 0 bridgehead atoms. The lowest BCUT2D eigenvalue weighted by Crippen LogP contribution is -2.24. The summed E-state index contributed by atoms with van der Waals surface area (Å²) in [6, 6.07) is 0. The van der Waals surface area contributed by atoms with Gasteiger partial charge in [-0.3, -0.25) is 0 Å².